The normalized spacial score (nSPS) is 13.6. The molecule has 0 bridgehead atoms. The average Bonchev–Trinajstić information content (AvgIpc) is 2.41. The maximum atomic E-state index is 12.5. The average molecular weight is 306 g/mol. The molecule has 0 aliphatic carbocycles. The van der Waals surface area contributed by atoms with E-state index in [2.05, 4.69) is 13.8 Å². The van der Waals surface area contributed by atoms with Crippen LogP contribution in [0.15, 0.2) is 0 Å². The molecule has 122 valence electrons. The van der Waals surface area contributed by atoms with E-state index in [4.69, 9.17) is 9.05 Å². The molecule has 0 saturated heterocycles. The highest BCUT2D eigenvalue weighted by atomic mass is 31.2. The maximum Gasteiger partial charge on any atom is 0.330 e. The minimum atomic E-state index is -2.86. The van der Waals surface area contributed by atoms with Gasteiger partial charge in [-0.3, -0.25) is 4.57 Å². The highest BCUT2D eigenvalue weighted by molar-refractivity contribution is 7.53. The first-order valence-electron chi connectivity index (χ1n) is 8.49. The Kier molecular flexibility index (Phi) is 13.0. The second-order valence-electron chi connectivity index (χ2n) is 5.46. The van der Waals surface area contributed by atoms with Gasteiger partial charge in [0, 0.05) is 0 Å². The molecular weight excluding hydrogens is 271 g/mol. The number of unbranched alkanes of at least 4 members (excludes halogenated alkanes) is 5. The summed E-state index contributed by atoms with van der Waals surface area (Å²) < 4.78 is 23.3. The van der Waals surface area contributed by atoms with Crippen LogP contribution in [-0.2, 0) is 13.6 Å². The second-order valence-corrected chi connectivity index (χ2v) is 7.56. The van der Waals surface area contributed by atoms with Crippen LogP contribution in [0.2, 0.25) is 0 Å². The fourth-order valence-electron chi connectivity index (χ4n) is 2.49. The monoisotopic (exact) mass is 306 g/mol. The SMILES string of the molecule is CCCCCCCCC(CC)CP(=O)(OCC)OCC. The molecule has 1 atom stereocenters. The van der Waals surface area contributed by atoms with E-state index in [1.165, 1.54) is 38.5 Å². The molecule has 0 radical (unpaired) electrons. The van der Waals surface area contributed by atoms with Gasteiger partial charge in [0.15, 0.2) is 0 Å². The summed E-state index contributed by atoms with van der Waals surface area (Å²) in [5.74, 6) is 0.463. The highest BCUT2D eigenvalue weighted by Crippen LogP contribution is 2.50. The topological polar surface area (TPSA) is 35.5 Å². The van der Waals surface area contributed by atoms with E-state index in [1.807, 2.05) is 13.8 Å². The van der Waals surface area contributed by atoms with Crippen LogP contribution in [-0.4, -0.2) is 19.4 Å². The Labute approximate surface area is 126 Å². The Bertz CT molecular complexity index is 246. The molecule has 20 heavy (non-hydrogen) atoms. The quantitative estimate of drug-likeness (QED) is 0.290. The summed E-state index contributed by atoms with van der Waals surface area (Å²) in [6.45, 7) is 9.09. The molecule has 0 fully saturated rings. The summed E-state index contributed by atoms with van der Waals surface area (Å²) in [4.78, 5) is 0. The molecule has 0 rings (SSSR count). The van der Waals surface area contributed by atoms with Gasteiger partial charge in [0.05, 0.1) is 19.4 Å². The molecular formula is C16H35O3P. The third kappa shape index (κ3) is 9.96. The van der Waals surface area contributed by atoms with Gasteiger partial charge >= 0.3 is 7.60 Å². The van der Waals surface area contributed by atoms with Crippen molar-refractivity contribution < 1.29 is 13.6 Å². The van der Waals surface area contributed by atoms with E-state index in [1.54, 1.807) is 0 Å². The van der Waals surface area contributed by atoms with Crippen molar-refractivity contribution in [1.82, 2.24) is 0 Å². The fourth-order valence-corrected chi connectivity index (χ4v) is 4.64. The van der Waals surface area contributed by atoms with Crippen LogP contribution in [0.5, 0.6) is 0 Å². The molecule has 0 heterocycles. The van der Waals surface area contributed by atoms with E-state index < -0.39 is 7.60 Å². The maximum absolute atomic E-state index is 12.5. The first-order chi connectivity index (χ1) is 9.61. The molecule has 0 N–H and O–H groups in total. The molecule has 0 spiro atoms. The van der Waals surface area contributed by atoms with Crippen LogP contribution in [0, 0.1) is 5.92 Å². The van der Waals surface area contributed by atoms with Gasteiger partial charge in [0.2, 0.25) is 0 Å². The van der Waals surface area contributed by atoms with E-state index in [-0.39, 0.29) is 0 Å². The van der Waals surface area contributed by atoms with Gasteiger partial charge < -0.3 is 9.05 Å². The van der Waals surface area contributed by atoms with Crippen LogP contribution < -0.4 is 0 Å². The summed E-state index contributed by atoms with van der Waals surface area (Å²) in [5, 5.41) is 0. The Hall–Kier alpha value is 0.150. The standard InChI is InChI=1S/C16H35O3P/c1-5-9-10-11-12-13-14-16(6-2)15-20(17,18-7-3)19-8-4/h16H,5-15H2,1-4H3. The van der Waals surface area contributed by atoms with Crippen LogP contribution in [0.25, 0.3) is 0 Å². The second kappa shape index (κ2) is 12.9. The van der Waals surface area contributed by atoms with Gasteiger partial charge in [-0.15, -0.1) is 0 Å². The van der Waals surface area contributed by atoms with E-state index in [9.17, 15) is 4.57 Å². The summed E-state index contributed by atoms with van der Waals surface area (Å²) in [6, 6.07) is 0. The van der Waals surface area contributed by atoms with E-state index >= 15 is 0 Å². The Morgan fingerprint density at radius 3 is 1.90 bits per heavy atom. The lowest BCUT2D eigenvalue weighted by Gasteiger charge is -2.22. The Balaban J connectivity index is 4.01. The highest BCUT2D eigenvalue weighted by Gasteiger charge is 2.27. The Morgan fingerprint density at radius 2 is 1.40 bits per heavy atom. The number of hydrogen-bond acceptors (Lipinski definition) is 3. The molecule has 0 amide bonds. The van der Waals surface area contributed by atoms with Crippen LogP contribution >= 0.6 is 7.60 Å². The van der Waals surface area contributed by atoms with Crippen molar-refractivity contribution in [3.63, 3.8) is 0 Å². The van der Waals surface area contributed by atoms with Crippen molar-refractivity contribution in [3.8, 4) is 0 Å². The predicted octanol–water partition coefficient (Wildman–Crippen LogP) is 6.03. The molecule has 0 aromatic carbocycles. The fraction of sp³-hybridized carbons (Fsp3) is 1.00. The van der Waals surface area contributed by atoms with Crippen molar-refractivity contribution >= 4 is 7.60 Å². The zero-order chi connectivity index (χ0) is 15.3. The van der Waals surface area contributed by atoms with Crippen molar-refractivity contribution in [1.29, 1.82) is 0 Å². The first kappa shape index (κ1) is 20.1. The number of hydrogen-bond donors (Lipinski definition) is 0. The minimum absolute atomic E-state index is 0.463. The molecule has 1 unspecified atom stereocenters. The molecule has 0 aromatic rings. The van der Waals surface area contributed by atoms with Crippen molar-refractivity contribution in [2.24, 2.45) is 5.92 Å². The van der Waals surface area contributed by atoms with Crippen molar-refractivity contribution in [3.05, 3.63) is 0 Å². The first-order valence-corrected chi connectivity index (χ1v) is 10.2. The molecule has 0 saturated carbocycles. The van der Waals surface area contributed by atoms with Crippen LogP contribution in [0.1, 0.15) is 79.1 Å². The molecule has 4 heteroatoms. The Morgan fingerprint density at radius 1 is 0.850 bits per heavy atom. The summed E-state index contributed by atoms with van der Waals surface area (Å²) in [6.07, 6.45) is 10.6. The van der Waals surface area contributed by atoms with Gasteiger partial charge in [-0.25, -0.2) is 0 Å². The van der Waals surface area contributed by atoms with Gasteiger partial charge in [0.25, 0.3) is 0 Å². The third-order valence-corrected chi connectivity index (χ3v) is 5.94. The molecule has 0 aliphatic heterocycles. The summed E-state index contributed by atoms with van der Waals surface area (Å²) in [7, 11) is -2.86. The van der Waals surface area contributed by atoms with E-state index in [0.29, 0.717) is 25.3 Å². The van der Waals surface area contributed by atoms with Gasteiger partial charge in [-0.05, 0) is 26.2 Å². The lowest BCUT2D eigenvalue weighted by atomic mass is 10.00. The van der Waals surface area contributed by atoms with Gasteiger partial charge in [-0.1, -0.05) is 58.8 Å². The minimum Gasteiger partial charge on any atom is -0.309 e. The lowest BCUT2D eigenvalue weighted by molar-refractivity contribution is 0.214. The zero-order valence-corrected chi connectivity index (χ0v) is 14.9. The number of rotatable bonds is 14. The smallest absolute Gasteiger partial charge is 0.309 e. The predicted molar refractivity (Wildman–Crippen MR) is 87.5 cm³/mol. The molecule has 0 aliphatic rings. The van der Waals surface area contributed by atoms with Gasteiger partial charge in [-0.2, -0.15) is 0 Å². The summed E-state index contributed by atoms with van der Waals surface area (Å²) >= 11 is 0. The largest absolute Gasteiger partial charge is 0.330 e. The van der Waals surface area contributed by atoms with Crippen molar-refractivity contribution in [2.45, 2.75) is 79.1 Å². The van der Waals surface area contributed by atoms with Gasteiger partial charge in [0.1, 0.15) is 0 Å². The lowest BCUT2D eigenvalue weighted by Crippen LogP contribution is -2.10. The molecule has 3 nitrogen and oxygen atoms in total. The zero-order valence-electron chi connectivity index (χ0n) is 14.0. The van der Waals surface area contributed by atoms with Crippen LogP contribution in [0.4, 0.5) is 0 Å². The third-order valence-electron chi connectivity index (χ3n) is 3.68. The van der Waals surface area contributed by atoms with Crippen molar-refractivity contribution in [2.75, 3.05) is 19.4 Å². The summed E-state index contributed by atoms with van der Waals surface area (Å²) in [5.41, 5.74) is 0. The van der Waals surface area contributed by atoms with Crippen LogP contribution in [0.3, 0.4) is 0 Å². The molecule has 0 aromatic heterocycles. The van der Waals surface area contributed by atoms with E-state index in [0.717, 1.165) is 12.8 Å².